The molecule has 0 bridgehead atoms. The van der Waals surface area contributed by atoms with Gasteiger partial charge in [0.1, 0.15) is 0 Å². The molecule has 0 N–H and O–H groups in total. The van der Waals surface area contributed by atoms with Crippen LogP contribution in [-0.4, -0.2) is 4.98 Å². The monoisotopic (exact) mass is 457 g/mol. The van der Waals surface area contributed by atoms with Gasteiger partial charge in [0.25, 0.3) is 0 Å². The van der Waals surface area contributed by atoms with Gasteiger partial charge in [0.05, 0.1) is 11.4 Å². The maximum absolute atomic E-state index is 5.15. The molecule has 0 atom stereocenters. The molecule has 0 unspecified atom stereocenters. The van der Waals surface area contributed by atoms with Crippen LogP contribution >= 0.6 is 0 Å². The topological polar surface area (TPSA) is 12.9 Å². The second kappa shape index (κ2) is 8.48. The van der Waals surface area contributed by atoms with Crippen LogP contribution < -0.4 is 0 Å². The highest BCUT2D eigenvalue weighted by molar-refractivity contribution is 6.25. The van der Waals surface area contributed by atoms with Crippen molar-refractivity contribution in [3.63, 3.8) is 0 Å². The van der Waals surface area contributed by atoms with Crippen LogP contribution in [-0.2, 0) is 0 Å². The number of nitrogens with zero attached hydrogens (tertiary/aromatic N) is 1. The highest BCUT2D eigenvalue weighted by Gasteiger charge is 2.12. The maximum atomic E-state index is 5.15. The molecule has 7 rings (SSSR count). The van der Waals surface area contributed by atoms with Crippen LogP contribution in [0.25, 0.3) is 66.0 Å². The van der Waals surface area contributed by atoms with E-state index in [4.69, 9.17) is 4.98 Å². The van der Waals surface area contributed by atoms with Crippen molar-refractivity contribution in [1.29, 1.82) is 0 Å². The summed E-state index contributed by atoms with van der Waals surface area (Å²) in [5.41, 5.74) is 6.56. The third-order valence-corrected chi connectivity index (χ3v) is 7.04. The Hall–Kier alpha value is -4.75. The first-order chi connectivity index (χ1) is 17.8. The Morgan fingerprint density at radius 2 is 0.722 bits per heavy atom. The van der Waals surface area contributed by atoms with E-state index < -0.39 is 0 Å². The van der Waals surface area contributed by atoms with Crippen molar-refractivity contribution in [2.75, 3.05) is 0 Å². The summed E-state index contributed by atoms with van der Waals surface area (Å²) in [5, 5.41) is 7.67. The predicted molar refractivity (Wildman–Crippen MR) is 153 cm³/mol. The van der Waals surface area contributed by atoms with E-state index in [9.17, 15) is 0 Å². The van der Waals surface area contributed by atoms with Crippen molar-refractivity contribution in [2.24, 2.45) is 0 Å². The molecule has 1 heteroatoms. The van der Waals surface area contributed by atoms with Gasteiger partial charge in [-0.05, 0) is 61.6 Å². The molecule has 0 saturated heterocycles. The Labute approximate surface area is 210 Å². The van der Waals surface area contributed by atoms with E-state index in [0.717, 1.165) is 22.5 Å². The third kappa shape index (κ3) is 3.45. The van der Waals surface area contributed by atoms with Crippen molar-refractivity contribution in [2.45, 2.75) is 0 Å². The largest absolute Gasteiger partial charge is 0.248 e. The summed E-state index contributed by atoms with van der Waals surface area (Å²) in [6.45, 7) is 0. The molecule has 0 fully saturated rings. The van der Waals surface area contributed by atoms with Crippen LogP contribution in [0.2, 0.25) is 0 Å². The van der Waals surface area contributed by atoms with Crippen molar-refractivity contribution < 1.29 is 0 Å². The standard InChI is InChI=1S/C35H23N/c1-3-11-24(12-4-1)27-22-34(25-13-5-2-6-14-25)36-35(23-27)26-19-20-32-30-17-8-7-15-28(30)29-16-9-10-18-31(29)33(32)21-26/h1-23H. The summed E-state index contributed by atoms with van der Waals surface area (Å²) >= 11 is 0. The summed E-state index contributed by atoms with van der Waals surface area (Å²) in [6.07, 6.45) is 0. The van der Waals surface area contributed by atoms with E-state index in [0.29, 0.717) is 0 Å². The first-order valence-electron chi connectivity index (χ1n) is 12.3. The Balaban J connectivity index is 1.51. The number of benzene rings is 6. The second-order valence-corrected chi connectivity index (χ2v) is 9.21. The molecular weight excluding hydrogens is 434 g/mol. The minimum atomic E-state index is 0.981. The quantitative estimate of drug-likeness (QED) is 0.241. The molecule has 0 spiro atoms. The van der Waals surface area contributed by atoms with Crippen LogP contribution in [0.3, 0.4) is 0 Å². The van der Waals surface area contributed by atoms with Gasteiger partial charge in [0.2, 0.25) is 0 Å². The van der Waals surface area contributed by atoms with E-state index >= 15 is 0 Å². The average Bonchev–Trinajstić information content (AvgIpc) is 2.98. The highest BCUT2D eigenvalue weighted by atomic mass is 14.7. The summed E-state index contributed by atoms with van der Waals surface area (Å²) in [7, 11) is 0. The number of pyridine rings is 1. The predicted octanol–water partition coefficient (Wildman–Crippen LogP) is 9.54. The number of hydrogen-bond donors (Lipinski definition) is 0. The van der Waals surface area contributed by atoms with Crippen LogP contribution in [0.4, 0.5) is 0 Å². The molecule has 1 heterocycles. The summed E-state index contributed by atoms with van der Waals surface area (Å²) in [5.74, 6) is 0. The second-order valence-electron chi connectivity index (χ2n) is 9.21. The Bertz CT molecular complexity index is 1780. The van der Waals surface area contributed by atoms with Crippen LogP contribution in [0, 0.1) is 0 Å². The molecule has 7 aromatic rings. The first-order valence-corrected chi connectivity index (χ1v) is 12.3. The number of aromatic nitrogens is 1. The maximum Gasteiger partial charge on any atom is 0.0715 e. The molecule has 1 aromatic heterocycles. The number of hydrogen-bond acceptors (Lipinski definition) is 1. The van der Waals surface area contributed by atoms with E-state index in [1.54, 1.807) is 0 Å². The van der Waals surface area contributed by atoms with Gasteiger partial charge < -0.3 is 0 Å². The lowest BCUT2D eigenvalue weighted by molar-refractivity contribution is 1.32. The summed E-state index contributed by atoms with van der Waals surface area (Å²) < 4.78 is 0. The smallest absolute Gasteiger partial charge is 0.0715 e. The zero-order valence-electron chi connectivity index (χ0n) is 19.7. The minimum absolute atomic E-state index is 0.981. The molecule has 0 aliphatic carbocycles. The fourth-order valence-corrected chi connectivity index (χ4v) is 5.30. The minimum Gasteiger partial charge on any atom is -0.248 e. The van der Waals surface area contributed by atoms with Crippen LogP contribution in [0.1, 0.15) is 0 Å². The van der Waals surface area contributed by atoms with Crippen molar-refractivity contribution in [3.8, 4) is 33.6 Å². The van der Waals surface area contributed by atoms with Gasteiger partial charge in [-0.3, -0.25) is 0 Å². The molecule has 0 aliphatic heterocycles. The molecule has 0 amide bonds. The zero-order chi connectivity index (χ0) is 23.9. The molecule has 0 radical (unpaired) electrons. The Morgan fingerprint density at radius 3 is 1.31 bits per heavy atom. The van der Waals surface area contributed by atoms with Crippen molar-refractivity contribution >= 4 is 32.3 Å². The van der Waals surface area contributed by atoms with Crippen LogP contribution in [0.5, 0.6) is 0 Å². The van der Waals surface area contributed by atoms with Gasteiger partial charge >= 0.3 is 0 Å². The fraction of sp³-hybridized carbons (Fsp3) is 0. The average molecular weight is 458 g/mol. The third-order valence-electron chi connectivity index (χ3n) is 7.04. The van der Waals surface area contributed by atoms with E-state index in [1.807, 2.05) is 6.07 Å². The molecule has 36 heavy (non-hydrogen) atoms. The van der Waals surface area contributed by atoms with E-state index in [2.05, 4.69) is 133 Å². The van der Waals surface area contributed by atoms with Gasteiger partial charge in [0.15, 0.2) is 0 Å². The van der Waals surface area contributed by atoms with Crippen LogP contribution in [0.15, 0.2) is 140 Å². The molecule has 1 nitrogen and oxygen atoms in total. The van der Waals surface area contributed by atoms with Gasteiger partial charge in [-0.25, -0.2) is 4.98 Å². The first kappa shape index (κ1) is 20.6. The number of fused-ring (bicyclic) bond motifs is 6. The van der Waals surface area contributed by atoms with Gasteiger partial charge in [0, 0.05) is 11.1 Å². The number of rotatable bonds is 3. The SMILES string of the molecule is c1ccc(-c2cc(-c3ccccc3)nc(-c3ccc4c5ccccc5c5ccccc5c4c3)c2)cc1. The van der Waals surface area contributed by atoms with E-state index in [-0.39, 0.29) is 0 Å². The summed E-state index contributed by atoms with van der Waals surface area (Å²) in [4.78, 5) is 5.15. The van der Waals surface area contributed by atoms with Gasteiger partial charge in [-0.15, -0.1) is 0 Å². The summed E-state index contributed by atoms with van der Waals surface area (Å²) in [6, 6.07) is 49.6. The van der Waals surface area contributed by atoms with Gasteiger partial charge in [-0.2, -0.15) is 0 Å². The molecule has 6 aromatic carbocycles. The van der Waals surface area contributed by atoms with Gasteiger partial charge in [-0.1, -0.05) is 121 Å². The zero-order valence-corrected chi connectivity index (χ0v) is 19.7. The molecule has 168 valence electrons. The molecular formula is C35H23N. The van der Waals surface area contributed by atoms with E-state index in [1.165, 1.54) is 43.4 Å². The Morgan fingerprint density at radius 1 is 0.278 bits per heavy atom. The lowest BCUT2D eigenvalue weighted by atomic mass is 9.92. The normalized spacial score (nSPS) is 11.3. The van der Waals surface area contributed by atoms with Crippen molar-refractivity contribution in [1.82, 2.24) is 4.98 Å². The lowest BCUT2D eigenvalue weighted by Gasteiger charge is -2.13. The molecule has 0 saturated carbocycles. The lowest BCUT2D eigenvalue weighted by Crippen LogP contribution is -1.92. The molecule has 0 aliphatic rings. The fourth-order valence-electron chi connectivity index (χ4n) is 5.30. The van der Waals surface area contributed by atoms with Crippen molar-refractivity contribution in [3.05, 3.63) is 140 Å². The highest BCUT2D eigenvalue weighted by Crippen LogP contribution is 2.38. The Kier molecular flexibility index (Phi) is 4.85.